The molecule has 6 heteroatoms. The summed E-state index contributed by atoms with van der Waals surface area (Å²) < 4.78 is 1.79. The summed E-state index contributed by atoms with van der Waals surface area (Å²) in [5.74, 6) is 0.762. The van der Waals surface area contributed by atoms with Crippen molar-refractivity contribution in [2.24, 2.45) is 5.73 Å². The van der Waals surface area contributed by atoms with Crippen LogP contribution in [0, 0.1) is 0 Å². The van der Waals surface area contributed by atoms with Gasteiger partial charge in [-0.15, -0.1) is 10.2 Å². The number of hydrogen-bond acceptors (Lipinski definition) is 5. The second-order valence-electron chi connectivity index (χ2n) is 4.85. The highest BCUT2D eigenvalue weighted by Crippen LogP contribution is 2.30. The van der Waals surface area contributed by atoms with Crippen LogP contribution in [0.15, 0.2) is 30.3 Å². The standard InChI is InChI=1S/C14H17N5S/c1-3-14(15,4-2)12-18-19-11(16-17-13(19)20-12)10-8-6-5-7-9-10/h5-9H,3-4,15H2,1-2H3. The van der Waals surface area contributed by atoms with Crippen LogP contribution in [-0.4, -0.2) is 19.8 Å². The van der Waals surface area contributed by atoms with Gasteiger partial charge in [-0.25, -0.2) is 0 Å². The molecular formula is C14H17N5S. The Labute approximate surface area is 121 Å². The third-order valence-corrected chi connectivity index (χ3v) is 4.83. The monoisotopic (exact) mass is 287 g/mol. The molecule has 2 heterocycles. The van der Waals surface area contributed by atoms with E-state index in [1.807, 2.05) is 30.3 Å². The Bertz CT molecular complexity index is 712. The highest BCUT2D eigenvalue weighted by Gasteiger charge is 2.28. The van der Waals surface area contributed by atoms with Gasteiger partial charge in [0.2, 0.25) is 4.96 Å². The number of benzene rings is 1. The van der Waals surface area contributed by atoms with Gasteiger partial charge in [0.25, 0.3) is 0 Å². The molecule has 1 aromatic carbocycles. The van der Waals surface area contributed by atoms with E-state index < -0.39 is 0 Å². The van der Waals surface area contributed by atoms with Gasteiger partial charge in [-0.3, -0.25) is 0 Å². The molecule has 3 rings (SSSR count). The maximum Gasteiger partial charge on any atom is 0.235 e. The summed E-state index contributed by atoms with van der Waals surface area (Å²) in [5, 5.41) is 14.0. The van der Waals surface area contributed by atoms with Gasteiger partial charge >= 0.3 is 0 Å². The maximum absolute atomic E-state index is 6.42. The van der Waals surface area contributed by atoms with Crippen molar-refractivity contribution >= 4 is 16.3 Å². The molecule has 0 aliphatic carbocycles. The molecule has 2 N–H and O–H groups in total. The highest BCUT2D eigenvalue weighted by atomic mass is 32.1. The lowest BCUT2D eigenvalue weighted by Crippen LogP contribution is -2.35. The van der Waals surface area contributed by atoms with Crippen LogP contribution >= 0.6 is 11.3 Å². The Kier molecular flexibility index (Phi) is 3.27. The lowest BCUT2D eigenvalue weighted by molar-refractivity contribution is 0.406. The normalized spacial score (nSPS) is 12.2. The SMILES string of the molecule is CCC(N)(CC)c1nn2c(-c3ccccc3)nnc2s1. The van der Waals surface area contributed by atoms with E-state index in [2.05, 4.69) is 29.1 Å². The molecule has 0 spiro atoms. The number of hydrogen-bond donors (Lipinski definition) is 1. The maximum atomic E-state index is 6.42. The molecule has 0 radical (unpaired) electrons. The van der Waals surface area contributed by atoms with E-state index in [9.17, 15) is 0 Å². The van der Waals surface area contributed by atoms with Crippen molar-refractivity contribution in [3.63, 3.8) is 0 Å². The molecule has 0 aliphatic heterocycles. The van der Waals surface area contributed by atoms with Crippen LogP contribution in [0.2, 0.25) is 0 Å². The van der Waals surface area contributed by atoms with Gasteiger partial charge in [-0.2, -0.15) is 9.61 Å². The first-order chi connectivity index (χ1) is 9.68. The average Bonchev–Trinajstić information content (AvgIpc) is 3.07. The fourth-order valence-corrected chi connectivity index (χ4v) is 3.22. The van der Waals surface area contributed by atoms with Crippen molar-refractivity contribution in [2.75, 3.05) is 0 Å². The molecule has 0 bridgehead atoms. The Balaban J connectivity index is 2.12. The largest absolute Gasteiger partial charge is 0.319 e. The minimum absolute atomic E-state index is 0.376. The first-order valence-corrected chi connectivity index (χ1v) is 7.56. The lowest BCUT2D eigenvalue weighted by Gasteiger charge is -2.22. The average molecular weight is 287 g/mol. The summed E-state index contributed by atoms with van der Waals surface area (Å²) in [7, 11) is 0. The van der Waals surface area contributed by atoms with Crippen LogP contribution in [0.3, 0.4) is 0 Å². The molecule has 3 aromatic rings. The third-order valence-electron chi connectivity index (χ3n) is 3.71. The van der Waals surface area contributed by atoms with Gasteiger partial charge in [-0.1, -0.05) is 55.5 Å². The highest BCUT2D eigenvalue weighted by molar-refractivity contribution is 7.16. The summed E-state index contributed by atoms with van der Waals surface area (Å²) in [4.78, 5) is 0.788. The fraction of sp³-hybridized carbons (Fsp3) is 0.357. The van der Waals surface area contributed by atoms with Crippen molar-refractivity contribution in [1.29, 1.82) is 0 Å². The van der Waals surface area contributed by atoms with Crippen molar-refractivity contribution < 1.29 is 0 Å². The van der Waals surface area contributed by atoms with Crippen LogP contribution in [-0.2, 0) is 5.54 Å². The Morgan fingerprint density at radius 3 is 2.50 bits per heavy atom. The van der Waals surface area contributed by atoms with E-state index in [1.165, 1.54) is 11.3 Å². The van der Waals surface area contributed by atoms with Crippen LogP contribution in [0.1, 0.15) is 31.7 Å². The Hall–Kier alpha value is -1.79. The van der Waals surface area contributed by atoms with Crippen molar-refractivity contribution in [1.82, 2.24) is 19.8 Å². The number of fused-ring (bicyclic) bond motifs is 1. The molecular weight excluding hydrogens is 270 g/mol. The molecule has 104 valence electrons. The zero-order chi connectivity index (χ0) is 14.2. The van der Waals surface area contributed by atoms with Gasteiger partial charge in [-0.05, 0) is 12.8 Å². The van der Waals surface area contributed by atoms with Crippen molar-refractivity contribution in [3.8, 4) is 11.4 Å². The molecule has 0 saturated carbocycles. The second kappa shape index (κ2) is 4.96. The molecule has 0 aliphatic rings. The van der Waals surface area contributed by atoms with Gasteiger partial charge < -0.3 is 5.73 Å². The van der Waals surface area contributed by atoms with E-state index >= 15 is 0 Å². The van der Waals surface area contributed by atoms with Gasteiger partial charge in [0, 0.05) is 5.56 Å². The Morgan fingerprint density at radius 1 is 1.15 bits per heavy atom. The minimum Gasteiger partial charge on any atom is -0.319 e. The van der Waals surface area contributed by atoms with Gasteiger partial charge in [0.15, 0.2) is 5.82 Å². The Morgan fingerprint density at radius 2 is 1.85 bits per heavy atom. The summed E-state index contributed by atoms with van der Waals surface area (Å²) >= 11 is 1.52. The number of rotatable bonds is 4. The number of nitrogens with zero attached hydrogens (tertiary/aromatic N) is 4. The first-order valence-electron chi connectivity index (χ1n) is 6.75. The molecule has 0 amide bonds. The van der Waals surface area contributed by atoms with E-state index in [4.69, 9.17) is 5.73 Å². The summed E-state index contributed by atoms with van der Waals surface area (Å²) in [6.45, 7) is 4.17. The van der Waals surface area contributed by atoms with Gasteiger partial charge in [0.1, 0.15) is 5.01 Å². The zero-order valence-corrected chi connectivity index (χ0v) is 12.4. The van der Waals surface area contributed by atoms with Gasteiger partial charge in [0.05, 0.1) is 5.54 Å². The molecule has 20 heavy (non-hydrogen) atoms. The summed E-state index contributed by atoms with van der Waals surface area (Å²) in [6.07, 6.45) is 1.71. The van der Waals surface area contributed by atoms with Crippen LogP contribution in [0.25, 0.3) is 16.3 Å². The molecule has 2 aromatic heterocycles. The molecule has 5 nitrogen and oxygen atoms in total. The number of aromatic nitrogens is 4. The second-order valence-corrected chi connectivity index (χ2v) is 5.81. The van der Waals surface area contributed by atoms with E-state index in [1.54, 1.807) is 4.52 Å². The van der Waals surface area contributed by atoms with E-state index in [0.29, 0.717) is 0 Å². The predicted molar refractivity (Wildman–Crippen MR) is 80.5 cm³/mol. The summed E-state index contributed by atoms with van der Waals surface area (Å²) in [5.41, 5.74) is 7.05. The summed E-state index contributed by atoms with van der Waals surface area (Å²) in [6, 6.07) is 9.95. The lowest BCUT2D eigenvalue weighted by atomic mass is 9.95. The smallest absolute Gasteiger partial charge is 0.235 e. The third kappa shape index (κ3) is 2.01. The minimum atomic E-state index is -0.376. The van der Waals surface area contributed by atoms with Crippen molar-refractivity contribution in [2.45, 2.75) is 32.2 Å². The molecule has 0 fully saturated rings. The topological polar surface area (TPSA) is 69.1 Å². The first kappa shape index (κ1) is 13.2. The van der Waals surface area contributed by atoms with Crippen LogP contribution in [0.5, 0.6) is 0 Å². The van der Waals surface area contributed by atoms with Crippen LogP contribution in [0.4, 0.5) is 0 Å². The molecule has 0 unspecified atom stereocenters. The zero-order valence-electron chi connectivity index (χ0n) is 11.6. The fourth-order valence-electron chi connectivity index (χ4n) is 2.14. The molecule has 0 saturated heterocycles. The quantitative estimate of drug-likeness (QED) is 0.801. The van der Waals surface area contributed by atoms with E-state index in [-0.39, 0.29) is 5.54 Å². The predicted octanol–water partition coefficient (Wildman–Crippen LogP) is 2.83. The van der Waals surface area contributed by atoms with E-state index in [0.717, 1.165) is 34.2 Å². The van der Waals surface area contributed by atoms with Crippen molar-refractivity contribution in [3.05, 3.63) is 35.3 Å². The van der Waals surface area contributed by atoms with Crippen LogP contribution < -0.4 is 5.73 Å². The molecule has 0 atom stereocenters. The number of nitrogens with two attached hydrogens (primary N) is 1.